The number of nitrogens with two attached hydrogens (primary N) is 1. The zero-order valence-electron chi connectivity index (χ0n) is 13.6. The Morgan fingerprint density at radius 1 is 1.30 bits per heavy atom. The molecule has 1 aromatic rings. The van der Waals surface area contributed by atoms with Gasteiger partial charge < -0.3 is 10.5 Å². The SMILES string of the molecule is COc1ccc(C)cc1C1(N)CC(C)CCC1C(C)C. The second kappa shape index (κ2) is 5.77. The molecule has 2 rings (SSSR count). The lowest BCUT2D eigenvalue weighted by Crippen LogP contribution is -2.50. The highest BCUT2D eigenvalue weighted by Crippen LogP contribution is 2.48. The van der Waals surface area contributed by atoms with Crippen molar-refractivity contribution in [3.8, 4) is 5.75 Å². The second-order valence-corrected chi connectivity index (χ2v) is 6.98. The third-order valence-corrected chi connectivity index (χ3v) is 4.98. The van der Waals surface area contributed by atoms with E-state index in [4.69, 9.17) is 10.5 Å². The summed E-state index contributed by atoms with van der Waals surface area (Å²) < 4.78 is 5.60. The van der Waals surface area contributed by atoms with Crippen LogP contribution in [-0.4, -0.2) is 7.11 Å². The van der Waals surface area contributed by atoms with Crippen LogP contribution >= 0.6 is 0 Å². The van der Waals surface area contributed by atoms with Crippen molar-refractivity contribution in [1.29, 1.82) is 0 Å². The largest absolute Gasteiger partial charge is 0.496 e. The molecule has 0 saturated heterocycles. The molecule has 1 aliphatic rings. The quantitative estimate of drug-likeness (QED) is 0.895. The molecule has 0 bridgehead atoms. The summed E-state index contributed by atoms with van der Waals surface area (Å²) in [5.41, 5.74) is 9.18. The number of hydrogen-bond donors (Lipinski definition) is 1. The van der Waals surface area contributed by atoms with Crippen molar-refractivity contribution < 1.29 is 4.74 Å². The number of hydrogen-bond acceptors (Lipinski definition) is 2. The van der Waals surface area contributed by atoms with Gasteiger partial charge in [0.1, 0.15) is 5.75 Å². The van der Waals surface area contributed by atoms with Crippen molar-refractivity contribution in [3.05, 3.63) is 29.3 Å². The zero-order chi connectivity index (χ0) is 14.9. The molecule has 1 fully saturated rings. The average molecular weight is 275 g/mol. The third-order valence-electron chi connectivity index (χ3n) is 4.98. The van der Waals surface area contributed by atoms with Gasteiger partial charge in [-0.25, -0.2) is 0 Å². The van der Waals surface area contributed by atoms with Gasteiger partial charge >= 0.3 is 0 Å². The maximum Gasteiger partial charge on any atom is 0.123 e. The number of methoxy groups -OCH3 is 1. The summed E-state index contributed by atoms with van der Waals surface area (Å²) in [6, 6.07) is 6.39. The molecule has 0 spiro atoms. The predicted octanol–water partition coefficient (Wildman–Crippen LogP) is 4.25. The van der Waals surface area contributed by atoms with Crippen LogP contribution in [0.15, 0.2) is 18.2 Å². The van der Waals surface area contributed by atoms with Crippen molar-refractivity contribution in [2.24, 2.45) is 23.5 Å². The summed E-state index contributed by atoms with van der Waals surface area (Å²) in [5.74, 6) is 2.74. The van der Waals surface area contributed by atoms with Gasteiger partial charge in [-0.15, -0.1) is 0 Å². The summed E-state index contributed by atoms with van der Waals surface area (Å²) in [6.45, 7) is 9.04. The van der Waals surface area contributed by atoms with Crippen LogP contribution in [0, 0.1) is 24.7 Å². The molecule has 1 saturated carbocycles. The van der Waals surface area contributed by atoms with Crippen LogP contribution in [0.4, 0.5) is 0 Å². The summed E-state index contributed by atoms with van der Waals surface area (Å²) in [4.78, 5) is 0. The predicted molar refractivity (Wildman–Crippen MR) is 84.9 cm³/mol. The van der Waals surface area contributed by atoms with E-state index in [1.54, 1.807) is 7.11 Å². The van der Waals surface area contributed by atoms with Crippen molar-refractivity contribution >= 4 is 0 Å². The maximum absolute atomic E-state index is 6.98. The molecule has 0 amide bonds. The molecule has 0 aliphatic heterocycles. The first-order chi connectivity index (χ1) is 9.38. The van der Waals surface area contributed by atoms with Crippen LogP contribution in [-0.2, 0) is 5.54 Å². The minimum absolute atomic E-state index is 0.261. The van der Waals surface area contributed by atoms with Crippen molar-refractivity contribution in [2.45, 2.75) is 52.5 Å². The first kappa shape index (κ1) is 15.4. The van der Waals surface area contributed by atoms with E-state index in [-0.39, 0.29) is 5.54 Å². The fourth-order valence-electron chi connectivity index (χ4n) is 3.98. The average Bonchev–Trinajstić information content (AvgIpc) is 2.38. The van der Waals surface area contributed by atoms with Crippen molar-refractivity contribution in [1.82, 2.24) is 0 Å². The van der Waals surface area contributed by atoms with Crippen molar-refractivity contribution in [2.75, 3.05) is 7.11 Å². The third kappa shape index (κ3) is 2.71. The maximum atomic E-state index is 6.98. The van der Waals surface area contributed by atoms with Gasteiger partial charge in [-0.05, 0) is 43.6 Å². The van der Waals surface area contributed by atoms with Gasteiger partial charge in [-0.2, -0.15) is 0 Å². The van der Waals surface area contributed by atoms with Gasteiger partial charge in [-0.3, -0.25) is 0 Å². The van der Waals surface area contributed by atoms with E-state index in [1.807, 2.05) is 0 Å². The summed E-state index contributed by atoms with van der Waals surface area (Å²) in [7, 11) is 1.74. The lowest BCUT2D eigenvalue weighted by atomic mass is 9.62. The molecule has 0 radical (unpaired) electrons. The molecule has 1 aliphatic carbocycles. The molecule has 1 aromatic carbocycles. The van der Waals surface area contributed by atoms with Gasteiger partial charge in [0.25, 0.3) is 0 Å². The van der Waals surface area contributed by atoms with Gasteiger partial charge in [0, 0.05) is 11.1 Å². The molecule has 0 aromatic heterocycles. The summed E-state index contributed by atoms with van der Waals surface area (Å²) in [5, 5.41) is 0. The molecular formula is C18H29NO. The lowest BCUT2D eigenvalue weighted by molar-refractivity contribution is 0.106. The summed E-state index contributed by atoms with van der Waals surface area (Å²) in [6.07, 6.45) is 3.55. The highest BCUT2D eigenvalue weighted by molar-refractivity contribution is 5.42. The summed E-state index contributed by atoms with van der Waals surface area (Å²) >= 11 is 0. The van der Waals surface area contributed by atoms with Gasteiger partial charge in [0.2, 0.25) is 0 Å². The molecular weight excluding hydrogens is 246 g/mol. The fraction of sp³-hybridized carbons (Fsp3) is 0.667. The van der Waals surface area contributed by atoms with Crippen LogP contribution < -0.4 is 10.5 Å². The Balaban J connectivity index is 2.52. The van der Waals surface area contributed by atoms with E-state index in [9.17, 15) is 0 Å². The lowest BCUT2D eigenvalue weighted by Gasteiger charge is -2.46. The second-order valence-electron chi connectivity index (χ2n) is 6.98. The van der Waals surface area contributed by atoms with Crippen LogP contribution in [0.3, 0.4) is 0 Å². The smallest absolute Gasteiger partial charge is 0.123 e. The zero-order valence-corrected chi connectivity index (χ0v) is 13.6. The van der Waals surface area contributed by atoms with Gasteiger partial charge in [0.15, 0.2) is 0 Å². The van der Waals surface area contributed by atoms with Crippen LogP contribution in [0.1, 0.15) is 51.2 Å². The Hall–Kier alpha value is -1.02. The molecule has 2 nitrogen and oxygen atoms in total. The first-order valence-electron chi connectivity index (χ1n) is 7.82. The Morgan fingerprint density at radius 3 is 2.60 bits per heavy atom. The van der Waals surface area contributed by atoms with Gasteiger partial charge in [0.05, 0.1) is 7.11 Å². The molecule has 0 heterocycles. The van der Waals surface area contributed by atoms with E-state index in [0.29, 0.717) is 17.8 Å². The van der Waals surface area contributed by atoms with E-state index in [0.717, 1.165) is 12.2 Å². The van der Waals surface area contributed by atoms with E-state index in [1.165, 1.54) is 24.0 Å². The molecule has 3 unspecified atom stereocenters. The van der Waals surface area contributed by atoms with Crippen LogP contribution in [0.2, 0.25) is 0 Å². The minimum atomic E-state index is -0.261. The van der Waals surface area contributed by atoms with Crippen LogP contribution in [0.25, 0.3) is 0 Å². The van der Waals surface area contributed by atoms with E-state index < -0.39 is 0 Å². The minimum Gasteiger partial charge on any atom is -0.496 e. The number of benzene rings is 1. The van der Waals surface area contributed by atoms with E-state index >= 15 is 0 Å². The number of ether oxygens (including phenoxy) is 1. The number of rotatable bonds is 3. The monoisotopic (exact) mass is 275 g/mol. The molecule has 2 heteroatoms. The molecule has 3 atom stereocenters. The standard InChI is InChI=1S/C18H29NO/c1-12(2)15-8-6-14(4)11-18(15,19)16-10-13(3)7-9-17(16)20-5/h7,9-10,12,14-15H,6,8,11,19H2,1-5H3. The topological polar surface area (TPSA) is 35.2 Å². The first-order valence-corrected chi connectivity index (χ1v) is 7.82. The number of aryl methyl sites for hydroxylation is 1. The van der Waals surface area contributed by atoms with E-state index in [2.05, 4.69) is 45.9 Å². The van der Waals surface area contributed by atoms with Gasteiger partial charge in [-0.1, -0.05) is 44.9 Å². The Morgan fingerprint density at radius 2 is 2.00 bits per heavy atom. The molecule has 2 N–H and O–H groups in total. The molecule has 20 heavy (non-hydrogen) atoms. The van der Waals surface area contributed by atoms with Crippen molar-refractivity contribution in [3.63, 3.8) is 0 Å². The Bertz CT molecular complexity index is 468. The molecule has 112 valence electrons. The Labute approximate surface area is 123 Å². The Kier molecular flexibility index (Phi) is 4.43. The highest BCUT2D eigenvalue weighted by atomic mass is 16.5. The fourth-order valence-corrected chi connectivity index (χ4v) is 3.98. The normalized spacial score (nSPS) is 30.6. The highest BCUT2D eigenvalue weighted by Gasteiger charge is 2.44. The van der Waals surface area contributed by atoms with Crippen LogP contribution in [0.5, 0.6) is 5.75 Å².